The van der Waals surface area contributed by atoms with Crippen molar-refractivity contribution in [2.24, 2.45) is 5.92 Å². The van der Waals surface area contributed by atoms with Gasteiger partial charge in [-0.15, -0.1) is 0 Å². The minimum Gasteiger partial charge on any atom is -0.379 e. The molecule has 0 bridgehead atoms. The van der Waals surface area contributed by atoms with Gasteiger partial charge < -0.3 is 15.0 Å². The van der Waals surface area contributed by atoms with E-state index in [4.69, 9.17) is 4.74 Å². The van der Waals surface area contributed by atoms with Crippen molar-refractivity contribution in [2.45, 2.75) is 57.0 Å². The van der Waals surface area contributed by atoms with Gasteiger partial charge in [0.15, 0.2) is 0 Å². The molecular weight excluding hydrogens is 360 g/mol. The summed E-state index contributed by atoms with van der Waals surface area (Å²) in [5, 5.41) is 2.87. The highest BCUT2D eigenvalue weighted by atomic mass is 16.5. The highest BCUT2D eigenvalue weighted by Crippen LogP contribution is 2.36. The van der Waals surface area contributed by atoms with Crippen LogP contribution in [-0.4, -0.2) is 90.1 Å². The predicted octanol–water partition coefficient (Wildman–Crippen LogP) is 0.810. The number of rotatable bonds is 4. The van der Waals surface area contributed by atoms with Crippen LogP contribution in [0.1, 0.15) is 45.4 Å². The van der Waals surface area contributed by atoms with E-state index in [1.54, 1.807) is 6.92 Å². The van der Waals surface area contributed by atoms with E-state index in [9.17, 15) is 14.4 Å². The number of carbonyl (C=O) groups excluding carboxylic acids is 3. The molecule has 3 saturated heterocycles. The maximum Gasteiger partial charge on any atom is 0.325 e. The van der Waals surface area contributed by atoms with Gasteiger partial charge >= 0.3 is 6.03 Å². The summed E-state index contributed by atoms with van der Waals surface area (Å²) in [6.45, 7) is 7.75. The molecular formula is C20H32N4O4. The Hall–Kier alpha value is -1.67. The molecule has 4 aliphatic rings. The van der Waals surface area contributed by atoms with Crippen molar-refractivity contribution in [1.29, 1.82) is 0 Å². The fraction of sp³-hybridized carbons (Fsp3) is 0.850. The molecule has 0 aromatic carbocycles. The molecule has 8 heteroatoms. The number of hydrogen-bond acceptors (Lipinski definition) is 5. The smallest absolute Gasteiger partial charge is 0.325 e. The fourth-order valence-corrected chi connectivity index (χ4v) is 5.17. The van der Waals surface area contributed by atoms with Gasteiger partial charge in [-0.2, -0.15) is 0 Å². The standard InChI is InChI=1S/C20H32N4O4/c1-15(24-18(26)20(21-19(24)27)6-2-3-7-20)17(25)23-8-4-16(5-9-23)14-22-10-12-28-13-11-22/h15-16H,2-14H2,1H3,(H,21,27)/t15-/m0/s1. The van der Waals surface area contributed by atoms with Crippen LogP contribution in [0.2, 0.25) is 0 Å². The van der Waals surface area contributed by atoms with Gasteiger partial charge in [0.05, 0.1) is 13.2 Å². The lowest BCUT2D eigenvalue weighted by atomic mass is 9.95. The van der Waals surface area contributed by atoms with Crippen molar-refractivity contribution >= 4 is 17.8 Å². The Balaban J connectivity index is 1.31. The lowest BCUT2D eigenvalue weighted by Gasteiger charge is -2.37. The molecule has 0 aromatic rings. The van der Waals surface area contributed by atoms with Crippen molar-refractivity contribution < 1.29 is 19.1 Å². The lowest BCUT2D eigenvalue weighted by Crippen LogP contribution is -2.53. The quantitative estimate of drug-likeness (QED) is 0.716. The largest absolute Gasteiger partial charge is 0.379 e. The molecule has 0 unspecified atom stereocenters. The summed E-state index contributed by atoms with van der Waals surface area (Å²) in [5.74, 6) is 0.275. The summed E-state index contributed by atoms with van der Waals surface area (Å²) in [6.07, 6.45) is 5.20. The number of imide groups is 1. The minimum atomic E-state index is -0.753. The summed E-state index contributed by atoms with van der Waals surface area (Å²) in [6, 6.07) is -1.14. The van der Waals surface area contributed by atoms with E-state index in [-0.39, 0.29) is 11.8 Å². The topological polar surface area (TPSA) is 82.2 Å². The number of amides is 4. The number of nitrogens with one attached hydrogen (secondary N) is 1. The van der Waals surface area contributed by atoms with Crippen LogP contribution in [0.5, 0.6) is 0 Å². The summed E-state index contributed by atoms with van der Waals surface area (Å²) < 4.78 is 5.41. The zero-order valence-electron chi connectivity index (χ0n) is 16.8. The van der Waals surface area contributed by atoms with Gasteiger partial charge in [0.25, 0.3) is 5.91 Å². The molecule has 1 atom stereocenters. The Kier molecular flexibility index (Phi) is 5.60. The number of urea groups is 1. The van der Waals surface area contributed by atoms with Gasteiger partial charge in [0.2, 0.25) is 5.91 Å². The maximum absolute atomic E-state index is 13.0. The van der Waals surface area contributed by atoms with Gasteiger partial charge in [0.1, 0.15) is 11.6 Å². The van der Waals surface area contributed by atoms with Gasteiger partial charge in [-0.25, -0.2) is 9.69 Å². The molecule has 1 N–H and O–H groups in total. The summed E-state index contributed by atoms with van der Waals surface area (Å²) in [4.78, 5) is 43.8. The molecule has 1 aliphatic carbocycles. The Morgan fingerprint density at radius 3 is 2.43 bits per heavy atom. The van der Waals surface area contributed by atoms with Crippen LogP contribution in [0.25, 0.3) is 0 Å². The molecule has 4 fully saturated rings. The number of piperidine rings is 1. The average Bonchev–Trinajstić information content (AvgIpc) is 3.27. The minimum absolute atomic E-state index is 0.108. The predicted molar refractivity (Wildman–Crippen MR) is 103 cm³/mol. The second-order valence-electron chi connectivity index (χ2n) is 8.75. The van der Waals surface area contributed by atoms with Gasteiger partial charge in [-0.1, -0.05) is 12.8 Å². The molecule has 1 saturated carbocycles. The van der Waals surface area contributed by atoms with Crippen molar-refractivity contribution in [2.75, 3.05) is 45.9 Å². The Morgan fingerprint density at radius 2 is 1.79 bits per heavy atom. The van der Waals surface area contributed by atoms with Gasteiger partial charge in [-0.05, 0) is 38.5 Å². The van der Waals surface area contributed by atoms with Crippen LogP contribution >= 0.6 is 0 Å². The van der Waals surface area contributed by atoms with E-state index >= 15 is 0 Å². The first-order valence-electron chi connectivity index (χ1n) is 10.7. The average molecular weight is 393 g/mol. The van der Waals surface area contributed by atoms with Crippen LogP contribution in [0.4, 0.5) is 4.79 Å². The van der Waals surface area contributed by atoms with Crippen LogP contribution in [0.15, 0.2) is 0 Å². The highest BCUT2D eigenvalue weighted by molar-refractivity contribution is 6.09. The van der Waals surface area contributed by atoms with Crippen molar-refractivity contribution in [3.05, 3.63) is 0 Å². The zero-order chi connectivity index (χ0) is 19.7. The lowest BCUT2D eigenvalue weighted by molar-refractivity contribution is -0.143. The molecule has 28 heavy (non-hydrogen) atoms. The third kappa shape index (κ3) is 3.64. The van der Waals surface area contributed by atoms with E-state index in [2.05, 4.69) is 10.2 Å². The van der Waals surface area contributed by atoms with Crippen molar-refractivity contribution in [1.82, 2.24) is 20.0 Å². The molecule has 3 heterocycles. The van der Waals surface area contributed by atoms with Gasteiger partial charge in [0, 0.05) is 32.7 Å². The summed E-state index contributed by atoms with van der Waals surface area (Å²) >= 11 is 0. The van der Waals surface area contributed by atoms with Crippen molar-refractivity contribution in [3.63, 3.8) is 0 Å². The second-order valence-corrected chi connectivity index (χ2v) is 8.75. The molecule has 0 aromatic heterocycles. The molecule has 4 amide bonds. The van der Waals surface area contributed by atoms with Gasteiger partial charge in [-0.3, -0.25) is 14.5 Å². The zero-order valence-corrected chi connectivity index (χ0v) is 16.8. The van der Waals surface area contributed by atoms with E-state index < -0.39 is 17.6 Å². The third-order valence-electron chi connectivity index (χ3n) is 6.94. The van der Waals surface area contributed by atoms with Crippen LogP contribution < -0.4 is 5.32 Å². The maximum atomic E-state index is 13.0. The fourth-order valence-electron chi connectivity index (χ4n) is 5.17. The normalized spacial score (nSPS) is 27.5. The van der Waals surface area contributed by atoms with E-state index in [1.165, 1.54) is 4.90 Å². The molecule has 0 radical (unpaired) electrons. The summed E-state index contributed by atoms with van der Waals surface area (Å²) in [7, 11) is 0. The number of likely N-dealkylation sites (tertiary alicyclic amines) is 1. The van der Waals surface area contributed by atoms with E-state index in [0.29, 0.717) is 31.8 Å². The molecule has 3 aliphatic heterocycles. The van der Waals surface area contributed by atoms with Crippen LogP contribution in [-0.2, 0) is 14.3 Å². The highest BCUT2D eigenvalue weighted by Gasteiger charge is 2.54. The number of ether oxygens (including phenoxy) is 1. The molecule has 4 rings (SSSR count). The molecule has 1 spiro atoms. The Morgan fingerprint density at radius 1 is 1.14 bits per heavy atom. The molecule has 156 valence electrons. The first kappa shape index (κ1) is 19.6. The van der Waals surface area contributed by atoms with E-state index in [0.717, 1.165) is 58.5 Å². The monoisotopic (exact) mass is 392 g/mol. The van der Waals surface area contributed by atoms with E-state index in [1.807, 2.05) is 4.90 Å². The SMILES string of the molecule is C[C@@H](C(=O)N1CCC(CN2CCOCC2)CC1)N1C(=O)NC2(CCCC2)C1=O. The first-order valence-corrected chi connectivity index (χ1v) is 10.7. The number of morpholine rings is 1. The Bertz CT molecular complexity index is 620. The van der Waals surface area contributed by atoms with Crippen molar-refractivity contribution in [3.8, 4) is 0 Å². The van der Waals surface area contributed by atoms with Crippen LogP contribution in [0.3, 0.4) is 0 Å². The number of hydrogen-bond donors (Lipinski definition) is 1. The molecule has 8 nitrogen and oxygen atoms in total. The number of nitrogens with zero attached hydrogens (tertiary/aromatic N) is 3. The first-order chi connectivity index (χ1) is 13.5. The Labute approximate surface area is 166 Å². The number of carbonyl (C=O) groups is 3. The second kappa shape index (κ2) is 7.99. The summed E-state index contributed by atoms with van der Waals surface area (Å²) in [5.41, 5.74) is -0.753. The third-order valence-corrected chi connectivity index (χ3v) is 6.94. The van der Waals surface area contributed by atoms with Crippen LogP contribution in [0, 0.1) is 5.92 Å².